The third-order valence-corrected chi connectivity index (χ3v) is 2.87. The van der Waals surface area contributed by atoms with Gasteiger partial charge >= 0.3 is 5.97 Å². The summed E-state index contributed by atoms with van der Waals surface area (Å²) in [6, 6.07) is 7.46. The first-order valence-electron chi connectivity index (χ1n) is 6.31. The molecule has 2 rings (SSSR count). The van der Waals surface area contributed by atoms with Crippen LogP contribution < -0.4 is 5.32 Å². The maximum Gasteiger partial charge on any atom is 0.339 e. The lowest BCUT2D eigenvalue weighted by Gasteiger charge is -2.11. The van der Waals surface area contributed by atoms with Crippen molar-refractivity contribution in [3.8, 4) is 0 Å². The van der Waals surface area contributed by atoms with Gasteiger partial charge < -0.3 is 10.1 Å². The molecule has 0 fully saturated rings. The molecule has 0 saturated carbocycles. The smallest absolute Gasteiger partial charge is 0.339 e. The van der Waals surface area contributed by atoms with Crippen LogP contribution in [0.5, 0.6) is 0 Å². The lowest BCUT2D eigenvalue weighted by molar-refractivity contribution is 0.0601. The minimum absolute atomic E-state index is 0.352. The lowest BCUT2D eigenvalue weighted by atomic mass is 10.1. The molecule has 5 nitrogen and oxygen atoms in total. The van der Waals surface area contributed by atoms with Gasteiger partial charge in [-0.2, -0.15) is 0 Å². The number of ether oxygens (including phenoxy) is 1. The maximum absolute atomic E-state index is 11.8. The van der Waals surface area contributed by atoms with Crippen LogP contribution in [-0.2, 0) is 11.3 Å². The number of aromatic nitrogens is 2. The third kappa shape index (κ3) is 3.32. The van der Waals surface area contributed by atoms with Crippen LogP contribution in [-0.4, -0.2) is 23.0 Å². The number of hydrogen-bond acceptors (Lipinski definition) is 5. The number of hydrogen-bond donors (Lipinski definition) is 1. The maximum atomic E-state index is 11.8. The van der Waals surface area contributed by atoms with Crippen LogP contribution in [0, 0.1) is 13.8 Å². The van der Waals surface area contributed by atoms with Crippen molar-refractivity contribution >= 4 is 11.7 Å². The summed E-state index contributed by atoms with van der Waals surface area (Å²) in [5, 5.41) is 3.21. The van der Waals surface area contributed by atoms with E-state index in [1.54, 1.807) is 12.3 Å². The summed E-state index contributed by atoms with van der Waals surface area (Å²) in [6.07, 6.45) is 1.72. The van der Waals surface area contributed by atoms with Gasteiger partial charge in [0.15, 0.2) is 0 Å². The normalized spacial score (nSPS) is 10.2. The fourth-order valence-electron chi connectivity index (χ4n) is 1.88. The second kappa shape index (κ2) is 6.14. The molecule has 2 aromatic rings. The van der Waals surface area contributed by atoms with Gasteiger partial charge in [-0.15, -0.1) is 0 Å². The van der Waals surface area contributed by atoms with Crippen molar-refractivity contribution in [3.05, 3.63) is 53.1 Å². The second-order valence-corrected chi connectivity index (χ2v) is 4.49. The third-order valence-electron chi connectivity index (χ3n) is 2.87. The molecule has 0 saturated heterocycles. The van der Waals surface area contributed by atoms with Crippen molar-refractivity contribution in [1.82, 2.24) is 9.97 Å². The van der Waals surface area contributed by atoms with Gasteiger partial charge in [-0.1, -0.05) is 11.6 Å². The first-order valence-corrected chi connectivity index (χ1v) is 6.31. The van der Waals surface area contributed by atoms with E-state index < -0.39 is 0 Å². The van der Waals surface area contributed by atoms with Gasteiger partial charge in [0.05, 0.1) is 24.9 Å². The molecule has 104 valence electrons. The first-order chi connectivity index (χ1) is 9.60. The molecule has 1 N–H and O–H groups in total. The monoisotopic (exact) mass is 271 g/mol. The molecule has 0 aliphatic rings. The molecule has 20 heavy (non-hydrogen) atoms. The minimum atomic E-state index is -0.352. The average Bonchev–Trinajstić information content (AvgIpc) is 2.45. The summed E-state index contributed by atoms with van der Waals surface area (Å²) in [5.74, 6) is 0.372. The van der Waals surface area contributed by atoms with Gasteiger partial charge in [-0.05, 0) is 32.0 Å². The van der Waals surface area contributed by atoms with Crippen LogP contribution >= 0.6 is 0 Å². The molecule has 0 amide bonds. The van der Waals surface area contributed by atoms with Crippen LogP contribution in [0.2, 0.25) is 0 Å². The first kappa shape index (κ1) is 14.0. The van der Waals surface area contributed by atoms with E-state index in [0.717, 1.165) is 22.8 Å². The Morgan fingerprint density at radius 3 is 2.80 bits per heavy atom. The Labute approximate surface area is 118 Å². The van der Waals surface area contributed by atoms with E-state index in [1.165, 1.54) is 7.11 Å². The summed E-state index contributed by atoms with van der Waals surface area (Å²) in [6.45, 7) is 4.30. The number of carbonyl (C=O) groups is 1. The molecule has 0 radical (unpaired) electrons. The number of carbonyl (C=O) groups excluding carboxylic acids is 1. The second-order valence-electron chi connectivity index (χ2n) is 4.49. The summed E-state index contributed by atoms with van der Waals surface area (Å²) in [5.41, 5.74) is 3.14. The van der Waals surface area contributed by atoms with Crippen LogP contribution in [0.25, 0.3) is 0 Å². The molecule has 1 heterocycles. The Morgan fingerprint density at radius 2 is 2.10 bits per heavy atom. The van der Waals surface area contributed by atoms with Crippen molar-refractivity contribution in [2.45, 2.75) is 20.4 Å². The molecule has 0 unspecified atom stereocenters. The highest BCUT2D eigenvalue weighted by Gasteiger charge is 2.11. The van der Waals surface area contributed by atoms with E-state index in [1.807, 2.05) is 32.0 Å². The molecule has 1 aromatic carbocycles. The molecule has 0 aliphatic carbocycles. The summed E-state index contributed by atoms with van der Waals surface area (Å²) in [7, 11) is 1.38. The summed E-state index contributed by atoms with van der Waals surface area (Å²) < 4.78 is 4.80. The zero-order chi connectivity index (χ0) is 14.5. The van der Waals surface area contributed by atoms with E-state index in [4.69, 9.17) is 4.74 Å². The van der Waals surface area contributed by atoms with Gasteiger partial charge in [0, 0.05) is 11.9 Å². The average molecular weight is 271 g/mol. The zero-order valence-electron chi connectivity index (χ0n) is 11.8. The summed E-state index contributed by atoms with van der Waals surface area (Å²) in [4.78, 5) is 20.1. The van der Waals surface area contributed by atoms with Crippen LogP contribution in [0.1, 0.15) is 27.4 Å². The van der Waals surface area contributed by atoms with Gasteiger partial charge in [0.2, 0.25) is 0 Å². The number of esters is 1. The van der Waals surface area contributed by atoms with E-state index in [2.05, 4.69) is 15.3 Å². The Hall–Kier alpha value is -2.43. The molecule has 0 bridgehead atoms. The quantitative estimate of drug-likeness (QED) is 0.865. The lowest BCUT2D eigenvalue weighted by Crippen LogP contribution is -2.09. The van der Waals surface area contributed by atoms with Gasteiger partial charge in [-0.3, -0.25) is 0 Å². The molecule has 0 aliphatic heterocycles. The zero-order valence-corrected chi connectivity index (χ0v) is 11.8. The number of nitrogens with zero attached hydrogens (tertiary/aromatic N) is 2. The van der Waals surface area contributed by atoms with Crippen LogP contribution in [0.15, 0.2) is 30.5 Å². The van der Waals surface area contributed by atoms with E-state index in [9.17, 15) is 4.79 Å². The van der Waals surface area contributed by atoms with Crippen LogP contribution in [0.3, 0.4) is 0 Å². The Kier molecular flexibility index (Phi) is 4.30. The van der Waals surface area contributed by atoms with E-state index >= 15 is 0 Å². The highest BCUT2D eigenvalue weighted by molar-refractivity contribution is 5.95. The van der Waals surface area contributed by atoms with Crippen molar-refractivity contribution in [2.75, 3.05) is 12.4 Å². The number of aryl methyl sites for hydroxylation is 2. The van der Waals surface area contributed by atoms with Crippen molar-refractivity contribution in [2.24, 2.45) is 0 Å². The van der Waals surface area contributed by atoms with Crippen LogP contribution in [0.4, 0.5) is 5.69 Å². The van der Waals surface area contributed by atoms with E-state index in [0.29, 0.717) is 12.1 Å². The van der Waals surface area contributed by atoms with Crippen molar-refractivity contribution in [1.29, 1.82) is 0 Å². The molecule has 0 atom stereocenters. The van der Waals surface area contributed by atoms with Gasteiger partial charge in [0.1, 0.15) is 5.82 Å². The highest BCUT2D eigenvalue weighted by atomic mass is 16.5. The number of benzene rings is 1. The SMILES string of the molecule is COC(=O)c1cc(C)ccc1NCc1ccnc(C)n1. The Balaban J connectivity index is 2.19. The highest BCUT2D eigenvalue weighted by Crippen LogP contribution is 2.19. The predicted octanol–water partition coefficient (Wildman–Crippen LogP) is 2.49. The molecular weight excluding hydrogens is 254 g/mol. The molecule has 0 spiro atoms. The standard InChI is InChI=1S/C15H17N3O2/c1-10-4-5-14(13(8-10)15(19)20-3)17-9-12-6-7-16-11(2)18-12/h4-8,17H,9H2,1-3H3. The van der Waals surface area contributed by atoms with Crippen molar-refractivity contribution in [3.63, 3.8) is 0 Å². The number of anilines is 1. The Bertz CT molecular complexity index is 626. The number of methoxy groups -OCH3 is 1. The number of nitrogens with one attached hydrogen (secondary N) is 1. The fourth-order valence-corrected chi connectivity index (χ4v) is 1.88. The predicted molar refractivity (Wildman–Crippen MR) is 76.6 cm³/mol. The largest absolute Gasteiger partial charge is 0.465 e. The van der Waals surface area contributed by atoms with Gasteiger partial charge in [-0.25, -0.2) is 14.8 Å². The topological polar surface area (TPSA) is 64.1 Å². The minimum Gasteiger partial charge on any atom is -0.465 e. The molecule has 5 heteroatoms. The summed E-state index contributed by atoms with van der Waals surface area (Å²) >= 11 is 0. The molecule has 1 aromatic heterocycles. The molecular formula is C15H17N3O2. The fraction of sp³-hybridized carbons (Fsp3) is 0.267. The Morgan fingerprint density at radius 1 is 1.30 bits per heavy atom. The van der Waals surface area contributed by atoms with Gasteiger partial charge in [0.25, 0.3) is 0 Å². The number of rotatable bonds is 4. The van der Waals surface area contributed by atoms with E-state index in [-0.39, 0.29) is 5.97 Å². The van der Waals surface area contributed by atoms with Crippen molar-refractivity contribution < 1.29 is 9.53 Å².